The molecule has 0 aromatic rings. The highest BCUT2D eigenvalue weighted by atomic mass is 35.5. The Balaban J connectivity index is 0.000001000. The quantitative estimate of drug-likeness (QED) is 0.670. The molecule has 11 heavy (non-hydrogen) atoms. The minimum Gasteiger partial charge on any atom is -0.392 e. The summed E-state index contributed by atoms with van der Waals surface area (Å²) in [5.74, 6) is 0. The Morgan fingerprint density at radius 3 is 2.27 bits per heavy atom. The summed E-state index contributed by atoms with van der Waals surface area (Å²) >= 11 is 4.81. The second-order valence-electron chi connectivity index (χ2n) is 2.80. The Kier molecular flexibility index (Phi) is 5.82. The summed E-state index contributed by atoms with van der Waals surface area (Å²) in [7, 11) is 0. The third-order valence-corrected chi connectivity index (χ3v) is 1.96. The number of likely N-dealkylation sites (tertiary alicyclic amines) is 1. The maximum atomic E-state index is 5.41. The van der Waals surface area contributed by atoms with E-state index in [1.54, 1.807) is 0 Å². The average molecular weight is 195 g/mol. The number of hydrogen-bond acceptors (Lipinski definition) is 2. The summed E-state index contributed by atoms with van der Waals surface area (Å²) in [5, 5.41) is 0. The lowest BCUT2D eigenvalue weighted by Gasteiger charge is -2.25. The van der Waals surface area contributed by atoms with Crippen molar-refractivity contribution in [1.29, 1.82) is 0 Å². The molecule has 1 fully saturated rings. The topological polar surface area (TPSA) is 29.3 Å². The van der Waals surface area contributed by atoms with Gasteiger partial charge >= 0.3 is 0 Å². The fourth-order valence-corrected chi connectivity index (χ4v) is 1.52. The molecule has 0 aliphatic carbocycles. The Morgan fingerprint density at radius 1 is 1.27 bits per heavy atom. The molecule has 0 bridgehead atoms. The van der Waals surface area contributed by atoms with Crippen LogP contribution in [0, 0.1) is 0 Å². The molecule has 1 aliphatic heterocycles. The summed E-state index contributed by atoms with van der Waals surface area (Å²) in [6.45, 7) is 3.17. The number of nitrogens with two attached hydrogens (primary N) is 1. The van der Waals surface area contributed by atoms with Gasteiger partial charge in [0.1, 0.15) is 0 Å². The van der Waals surface area contributed by atoms with Crippen LogP contribution in [0.15, 0.2) is 0 Å². The van der Waals surface area contributed by atoms with Crippen molar-refractivity contribution >= 4 is 29.6 Å². The van der Waals surface area contributed by atoms with Gasteiger partial charge in [0.2, 0.25) is 0 Å². The third kappa shape index (κ3) is 4.56. The zero-order chi connectivity index (χ0) is 7.40. The largest absolute Gasteiger partial charge is 0.392 e. The molecule has 66 valence electrons. The van der Waals surface area contributed by atoms with E-state index < -0.39 is 0 Å². The van der Waals surface area contributed by atoms with Crippen LogP contribution in [0.4, 0.5) is 0 Å². The van der Waals surface area contributed by atoms with E-state index in [-0.39, 0.29) is 12.4 Å². The number of nitrogens with zero attached hydrogens (tertiary/aromatic N) is 1. The molecule has 2 nitrogen and oxygen atoms in total. The van der Waals surface area contributed by atoms with Gasteiger partial charge in [0.25, 0.3) is 0 Å². The van der Waals surface area contributed by atoms with E-state index >= 15 is 0 Å². The number of hydrogen-bond donors (Lipinski definition) is 1. The predicted molar refractivity (Wildman–Crippen MR) is 54.3 cm³/mol. The van der Waals surface area contributed by atoms with Crippen LogP contribution in [0.5, 0.6) is 0 Å². The molecular weight excluding hydrogens is 180 g/mol. The number of halogens is 1. The Labute approximate surface area is 79.5 Å². The first kappa shape index (κ1) is 11.1. The highest BCUT2D eigenvalue weighted by Crippen LogP contribution is 2.07. The Hall–Kier alpha value is 0.140. The summed E-state index contributed by atoms with van der Waals surface area (Å²) in [6, 6.07) is 0. The normalized spacial score (nSPS) is 18.9. The Morgan fingerprint density at radius 2 is 1.82 bits per heavy atom. The van der Waals surface area contributed by atoms with Gasteiger partial charge in [-0.25, -0.2) is 0 Å². The van der Waals surface area contributed by atoms with Crippen LogP contribution >= 0.6 is 24.6 Å². The van der Waals surface area contributed by atoms with Gasteiger partial charge in [-0.1, -0.05) is 18.6 Å². The van der Waals surface area contributed by atoms with Crippen molar-refractivity contribution < 1.29 is 0 Å². The van der Waals surface area contributed by atoms with Gasteiger partial charge in [0.15, 0.2) is 0 Å². The van der Waals surface area contributed by atoms with Gasteiger partial charge in [-0.05, 0) is 25.9 Å². The van der Waals surface area contributed by atoms with E-state index in [4.69, 9.17) is 18.0 Å². The lowest BCUT2D eigenvalue weighted by atomic mass is 10.1. The van der Waals surface area contributed by atoms with E-state index in [0.717, 1.165) is 6.54 Å². The maximum Gasteiger partial charge on any atom is 0.0870 e. The van der Waals surface area contributed by atoms with Crippen LogP contribution in [0.1, 0.15) is 19.3 Å². The van der Waals surface area contributed by atoms with Crippen molar-refractivity contribution in [3.8, 4) is 0 Å². The predicted octanol–water partition coefficient (Wildman–Crippen LogP) is 1.18. The van der Waals surface area contributed by atoms with Crippen LogP contribution in [0.25, 0.3) is 0 Å². The van der Waals surface area contributed by atoms with Gasteiger partial charge < -0.3 is 5.73 Å². The number of rotatable bonds is 2. The smallest absolute Gasteiger partial charge is 0.0870 e. The highest BCUT2D eigenvalue weighted by Gasteiger charge is 2.09. The van der Waals surface area contributed by atoms with Crippen molar-refractivity contribution in [3.05, 3.63) is 0 Å². The molecular formula is C7H15ClN2S. The Bertz CT molecular complexity index is 124. The molecule has 0 saturated carbocycles. The lowest BCUT2D eigenvalue weighted by molar-refractivity contribution is 0.259. The van der Waals surface area contributed by atoms with Crippen molar-refractivity contribution in [2.75, 3.05) is 19.6 Å². The van der Waals surface area contributed by atoms with Crippen molar-refractivity contribution in [2.24, 2.45) is 5.73 Å². The van der Waals surface area contributed by atoms with E-state index in [0.29, 0.717) is 4.99 Å². The molecule has 1 rings (SSSR count). The number of thiocarbonyl (C=S) groups is 1. The zero-order valence-corrected chi connectivity index (χ0v) is 8.22. The molecule has 1 heterocycles. The van der Waals surface area contributed by atoms with Crippen LogP contribution in [-0.2, 0) is 0 Å². The fourth-order valence-electron chi connectivity index (χ4n) is 1.34. The van der Waals surface area contributed by atoms with Gasteiger partial charge in [-0.2, -0.15) is 0 Å². The lowest BCUT2D eigenvalue weighted by Crippen LogP contribution is -2.36. The molecule has 1 saturated heterocycles. The standard InChI is InChI=1S/C7H14N2S.ClH/c8-7(10)6-9-4-2-1-3-5-9;/h1-6H2,(H2,8,10);1H. The molecule has 2 N–H and O–H groups in total. The number of piperidine rings is 1. The average Bonchev–Trinajstić information content (AvgIpc) is 1.88. The monoisotopic (exact) mass is 194 g/mol. The molecule has 1 aliphatic rings. The summed E-state index contributed by atoms with van der Waals surface area (Å²) in [4.78, 5) is 2.95. The minimum atomic E-state index is 0. The summed E-state index contributed by atoms with van der Waals surface area (Å²) in [6.07, 6.45) is 3.99. The first-order valence-electron chi connectivity index (χ1n) is 3.80. The van der Waals surface area contributed by atoms with Gasteiger partial charge in [0.05, 0.1) is 4.99 Å². The second kappa shape index (κ2) is 5.75. The summed E-state index contributed by atoms with van der Waals surface area (Å²) in [5.41, 5.74) is 5.41. The molecule has 0 spiro atoms. The van der Waals surface area contributed by atoms with Gasteiger partial charge in [-0.15, -0.1) is 12.4 Å². The molecule has 4 heteroatoms. The van der Waals surface area contributed by atoms with Crippen molar-refractivity contribution in [2.45, 2.75) is 19.3 Å². The molecule has 0 aromatic heterocycles. The summed E-state index contributed by atoms with van der Waals surface area (Å²) < 4.78 is 0. The first-order chi connectivity index (χ1) is 4.79. The van der Waals surface area contributed by atoms with Crippen molar-refractivity contribution in [3.63, 3.8) is 0 Å². The van der Waals surface area contributed by atoms with Crippen LogP contribution in [0.3, 0.4) is 0 Å². The van der Waals surface area contributed by atoms with E-state index in [1.807, 2.05) is 0 Å². The van der Waals surface area contributed by atoms with Crippen molar-refractivity contribution in [1.82, 2.24) is 4.90 Å². The maximum absolute atomic E-state index is 5.41. The van der Waals surface area contributed by atoms with E-state index in [1.165, 1.54) is 32.4 Å². The second-order valence-corrected chi connectivity index (χ2v) is 3.33. The molecule has 0 aromatic carbocycles. The molecule has 0 atom stereocenters. The highest BCUT2D eigenvalue weighted by molar-refractivity contribution is 7.80. The van der Waals surface area contributed by atoms with E-state index in [9.17, 15) is 0 Å². The molecule has 0 radical (unpaired) electrons. The van der Waals surface area contributed by atoms with Crippen LogP contribution < -0.4 is 5.73 Å². The molecule has 0 amide bonds. The van der Waals surface area contributed by atoms with Crippen LogP contribution in [-0.4, -0.2) is 29.5 Å². The van der Waals surface area contributed by atoms with Crippen LogP contribution in [0.2, 0.25) is 0 Å². The van der Waals surface area contributed by atoms with E-state index in [2.05, 4.69) is 4.90 Å². The fraction of sp³-hybridized carbons (Fsp3) is 0.857. The molecule has 0 unspecified atom stereocenters. The SMILES string of the molecule is Cl.NC(=S)CN1CCCCC1. The zero-order valence-electron chi connectivity index (χ0n) is 6.58. The first-order valence-corrected chi connectivity index (χ1v) is 4.20. The van der Waals surface area contributed by atoms with Gasteiger partial charge in [-0.3, -0.25) is 4.90 Å². The van der Waals surface area contributed by atoms with Gasteiger partial charge in [0, 0.05) is 6.54 Å². The third-order valence-electron chi connectivity index (χ3n) is 1.83. The minimum absolute atomic E-state index is 0.